The maximum Gasteiger partial charge on any atom is 0.309 e. The fraction of sp³-hybridized carbons (Fsp3) is 0.750. The van der Waals surface area contributed by atoms with Crippen LogP contribution in [0.4, 0.5) is 0 Å². The van der Waals surface area contributed by atoms with Gasteiger partial charge in [-0.3, -0.25) is 4.79 Å². The largest absolute Gasteiger partial charge is 0.481 e. The molecule has 0 radical (unpaired) electrons. The van der Waals surface area contributed by atoms with Crippen LogP contribution in [0, 0.1) is 10.8 Å². The molecule has 14 heavy (non-hydrogen) atoms. The van der Waals surface area contributed by atoms with Gasteiger partial charge < -0.3 is 5.11 Å². The van der Waals surface area contributed by atoms with E-state index in [0.29, 0.717) is 6.42 Å². The van der Waals surface area contributed by atoms with Crippen LogP contribution in [-0.2, 0) is 4.79 Å². The zero-order valence-corrected chi connectivity index (χ0v) is 9.92. The summed E-state index contributed by atoms with van der Waals surface area (Å²) in [4.78, 5) is 10.8. The zero-order chi connectivity index (χ0) is 11.4. The summed E-state index contributed by atoms with van der Waals surface area (Å²) >= 11 is 0. The first-order valence-corrected chi connectivity index (χ1v) is 5.06. The van der Waals surface area contributed by atoms with Crippen molar-refractivity contribution in [3.63, 3.8) is 0 Å². The first kappa shape index (κ1) is 13.2. The second-order valence-electron chi connectivity index (χ2n) is 5.50. The van der Waals surface area contributed by atoms with Crippen LogP contribution in [0.2, 0.25) is 0 Å². The van der Waals surface area contributed by atoms with Crippen molar-refractivity contribution in [1.82, 2.24) is 0 Å². The van der Waals surface area contributed by atoms with Gasteiger partial charge in [0.25, 0.3) is 0 Å². The van der Waals surface area contributed by atoms with Crippen molar-refractivity contribution in [3.8, 4) is 0 Å². The quantitative estimate of drug-likeness (QED) is 0.702. The van der Waals surface area contributed by atoms with Crippen molar-refractivity contribution >= 4 is 5.97 Å². The van der Waals surface area contributed by atoms with Crippen LogP contribution in [0.3, 0.4) is 0 Å². The topological polar surface area (TPSA) is 37.3 Å². The van der Waals surface area contributed by atoms with Crippen molar-refractivity contribution in [2.24, 2.45) is 10.8 Å². The van der Waals surface area contributed by atoms with Crippen LogP contribution >= 0.6 is 0 Å². The van der Waals surface area contributed by atoms with Crippen molar-refractivity contribution < 1.29 is 9.90 Å². The Morgan fingerprint density at radius 3 is 2.07 bits per heavy atom. The lowest BCUT2D eigenvalue weighted by atomic mass is 9.87. The first-order valence-electron chi connectivity index (χ1n) is 5.06. The van der Waals surface area contributed by atoms with Crippen LogP contribution in [0.5, 0.6) is 0 Å². The fourth-order valence-electron chi connectivity index (χ4n) is 0.988. The molecular weight excluding hydrogens is 176 g/mol. The highest BCUT2D eigenvalue weighted by atomic mass is 16.4. The van der Waals surface area contributed by atoms with E-state index in [1.165, 1.54) is 0 Å². The molecule has 0 aromatic carbocycles. The Kier molecular flexibility index (Phi) is 4.37. The highest BCUT2D eigenvalue weighted by Crippen LogP contribution is 2.23. The molecule has 0 aromatic rings. The van der Waals surface area contributed by atoms with Crippen LogP contribution in [0.1, 0.15) is 47.5 Å². The maximum absolute atomic E-state index is 10.8. The van der Waals surface area contributed by atoms with Crippen molar-refractivity contribution in [3.05, 3.63) is 12.2 Å². The summed E-state index contributed by atoms with van der Waals surface area (Å²) in [7, 11) is 0. The van der Waals surface area contributed by atoms with E-state index in [-0.39, 0.29) is 5.41 Å². The summed E-state index contributed by atoms with van der Waals surface area (Å²) in [6, 6.07) is 0. The van der Waals surface area contributed by atoms with Gasteiger partial charge in [-0.15, -0.1) is 0 Å². The number of hydrogen-bond donors (Lipinski definition) is 1. The molecular formula is C12H22O2. The molecule has 0 unspecified atom stereocenters. The molecule has 2 nitrogen and oxygen atoms in total. The van der Waals surface area contributed by atoms with Crippen LogP contribution in [0.15, 0.2) is 12.2 Å². The van der Waals surface area contributed by atoms with Crippen molar-refractivity contribution in [1.29, 1.82) is 0 Å². The maximum atomic E-state index is 10.8. The van der Waals surface area contributed by atoms with E-state index >= 15 is 0 Å². The third-order valence-electron chi connectivity index (χ3n) is 2.13. The predicted octanol–water partition coefficient (Wildman–Crippen LogP) is 3.48. The van der Waals surface area contributed by atoms with Crippen LogP contribution in [-0.4, -0.2) is 11.1 Å². The molecule has 0 saturated heterocycles. The van der Waals surface area contributed by atoms with E-state index in [0.717, 1.165) is 6.42 Å². The molecule has 0 atom stereocenters. The summed E-state index contributed by atoms with van der Waals surface area (Å²) < 4.78 is 0. The Morgan fingerprint density at radius 1 is 1.21 bits per heavy atom. The smallest absolute Gasteiger partial charge is 0.309 e. The SMILES string of the molecule is CC(C)(C)/C=C/CCC(C)(C)C(=O)O. The van der Waals surface area contributed by atoms with E-state index in [1.54, 1.807) is 13.8 Å². The molecule has 82 valence electrons. The molecule has 0 spiro atoms. The summed E-state index contributed by atoms with van der Waals surface area (Å²) in [5.74, 6) is -0.721. The first-order chi connectivity index (χ1) is 6.15. The molecule has 0 rings (SSSR count). The molecule has 0 amide bonds. The number of rotatable bonds is 4. The zero-order valence-electron chi connectivity index (χ0n) is 9.92. The highest BCUT2D eigenvalue weighted by Gasteiger charge is 2.25. The van der Waals surface area contributed by atoms with Gasteiger partial charge in [0.15, 0.2) is 0 Å². The standard InChI is InChI=1S/C12H22O2/c1-11(2,3)8-6-7-9-12(4,5)10(13)14/h6,8H,7,9H2,1-5H3,(H,13,14)/b8-6+. The predicted molar refractivity (Wildman–Crippen MR) is 59.2 cm³/mol. The van der Waals surface area contributed by atoms with Gasteiger partial charge in [-0.2, -0.15) is 0 Å². The average Bonchev–Trinajstić information content (AvgIpc) is 1.96. The summed E-state index contributed by atoms with van der Waals surface area (Å²) in [5.41, 5.74) is -0.421. The molecule has 0 aliphatic rings. The van der Waals surface area contributed by atoms with Gasteiger partial charge >= 0.3 is 5.97 Å². The normalized spacial score (nSPS) is 13.5. The van der Waals surface area contributed by atoms with Gasteiger partial charge in [0.05, 0.1) is 5.41 Å². The van der Waals surface area contributed by atoms with E-state index in [9.17, 15) is 4.79 Å². The lowest BCUT2D eigenvalue weighted by Gasteiger charge is -2.18. The second kappa shape index (κ2) is 4.63. The average molecular weight is 198 g/mol. The lowest BCUT2D eigenvalue weighted by molar-refractivity contribution is -0.147. The van der Waals surface area contributed by atoms with E-state index in [2.05, 4.69) is 32.9 Å². The molecule has 0 aliphatic heterocycles. The van der Waals surface area contributed by atoms with Gasteiger partial charge in [0.1, 0.15) is 0 Å². The van der Waals surface area contributed by atoms with Gasteiger partial charge in [-0.05, 0) is 32.1 Å². The van der Waals surface area contributed by atoms with Gasteiger partial charge in [0.2, 0.25) is 0 Å². The second-order valence-corrected chi connectivity index (χ2v) is 5.50. The number of allylic oxidation sites excluding steroid dienone is 2. The minimum atomic E-state index is -0.721. The summed E-state index contributed by atoms with van der Waals surface area (Å²) in [6.07, 6.45) is 5.72. The molecule has 0 saturated carbocycles. The number of carboxylic acids is 1. The fourth-order valence-corrected chi connectivity index (χ4v) is 0.988. The minimum absolute atomic E-state index is 0.188. The Bertz CT molecular complexity index is 219. The van der Waals surface area contributed by atoms with Gasteiger partial charge in [-0.25, -0.2) is 0 Å². The van der Waals surface area contributed by atoms with Crippen LogP contribution < -0.4 is 0 Å². The van der Waals surface area contributed by atoms with Gasteiger partial charge in [-0.1, -0.05) is 32.9 Å². The molecule has 0 aliphatic carbocycles. The third-order valence-corrected chi connectivity index (χ3v) is 2.13. The van der Waals surface area contributed by atoms with Crippen molar-refractivity contribution in [2.75, 3.05) is 0 Å². The molecule has 0 fully saturated rings. The van der Waals surface area contributed by atoms with E-state index in [1.807, 2.05) is 0 Å². The Labute approximate surface area is 87.0 Å². The summed E-state index contributed by atoms with van der Waals surface area (Å²) in [5, 5.41) is 8.88. The van der Waals surface area contributed by atoms with Crippen LogP contribution in [0.25, 0.3) is 0 Å². The number of carbonyl (C=O) groups is 1. The van der Waals surface area contributed by atoms with Gasteiger partial charge in [0, 0.05) is 0 Å². The molecule has 0 heterocycles. The molecule has 0 bridgehead atoms. The lowest BCUT2D eigenvalue weighted by Crippen LogP contribution is -2.23. The highest BCUT2D eigenvalue weighted by molar-refractivity contribution is 5.73. The Balaban J connectivity index is 3.97. The third kappa shape index (κ3) is 5.79. The van der Waals surface area contributed by atoms with E-state index < -0.39 is 11.4 Å². The number of aliphatic carboxylic acids is 1. The van der Waals surface area contributed by atoms with E-state index in [4.69, 9.17) is 5.11 Å². The molecule has 0 aromatic heterocycles. The Morgan fingerprint density at radius 2 is 1.71 bits per heavy atom. The number of carboxylic acid groups (broad SMARTS) is 1. The molecule has 1 N–H and O–H groups in total. The van der Waals surface area contributed by atoms with Crippen molar-refractivity contribution in [2.45, 2.75) is 47.5 Å². The number of hydrogen-bond acceptors (Lipinski definition) is 1. The monoisotopic (exact) mass is 198 g/mol. The summed E-state index contributed by atoms with van der Waals surface area (Å²) in [6.45, 7) is 9.92. The minimum Gasteiger partial charge on any atom is -0.481 e. The Hall–Kier alpha value is -0.790. The molecule has 2 heteroatoms.